The normalized spacial score (nSPS) is 14.8. The van der Waals surface area contributed by atoms with Crippen molar-refractivity contribution < 1.29 is 18.7 Å². The number of rotatable bonds is 8. The van der Waals surface area contributed by atoms with Gasteiger partial charge >= 0.3 is 0 Å². The monoisotopic (exact) mass is 497 g/mol. The summed E-state index contributed by atoms with van der Waals surface area (Å²) in [4.78, 5) is 20.3. The molecule has 5 rings (SSSR count). The maximum absolute atomic E-state index is 13.4. The quantitative estimate of drug-likeness (QED) is 0.364. The Kier molecular flexibility index (Phi) is 7.63. The van der Waals surface area contributed by atoms with Crippen LogP contribution in [0.4, 0.5) is 0 Å². The highest BCUT2D eigenvalue weighted by atomic mass is 16.5. The van der Waals surface area contributed by atoms with Gasteiger partial charge in [0, 0.05) is 30.8 Å². The Morgan fingerprint density at radius 2 is 1.76 bits per heavy atom. The lowest BCUT2D eigenvalue weighted by Gasteiger charge is -2.35. The molecule has 2 heterocycles. The summed E-state index contributed by atoms with van der Waals surface area (Å²) in [5.41, 5.74) is 4.42. The molecular weight excluding hydrogens is 466 g/mol. The van der Waals surface area contributed by atoms with Crippen molar-refractivity contribution in [2.24, 2.45) is 0 Å². The first kappa shape index (κ1) is 24.7. The lowest BCUT2D eigenvalue weighted by atomic mass is 10.0. The summed E-state index contributed by atoms with van der Waals surface area (Å²) < 4.78 is 17.0. The molecule has 37 heavy (non-hydrogen) atoms. The molecule has 0 spiro atoms. The van der Waals surface area contributed by atoms with Crippen LogP contribution in [0.5, 0.6) is 5.75 Å². The number of nitrogens with zero attached hydrogens (tertiary/aromatic N) is 2. The van der Waals surface area contributed by atoms with Crippen LogP contribution in [0.3, 0.4) is 0 Å². The van der Waals surface area contributed by atoms with Crippen molar-refractivity contribution in [3.8, 4) is 28.5 Å². The molecule has 1 saturated heterocycles. The minimum absolute atomic E-state index is 0.0146. The van der Waals surface area contributed by atoms with Gasteiger partial charge in [-0.1, -0.05) is 54.1 Å². The maximum atomic E-state index is 13.4. The Morgan fingerprint density at radius 1 is 1.03 bits per heavy atom. The first-order valence-electron chi connectivity index (χ1n) is 12.5. The number of aryl methyl sites for hydroxylation is 1. The van der Waals surface area contributed by atoms with Gasteiger partial charge in [0.05, 0.1) is 38.1 Å². The van der Waals surface area contributed by atoms with E-state index in [1.165, 1.54) is 5.56 Å². The molecule has 190 valence electrons. The van der Waals surface area contributed by atoms with Gasteiger partial charge in [-0.2, -0.15) is 0 Å². The van der Waals surface area contributed by atoms with Gasteiger partial charge in [0.25, 0.3) is 5.91 Å². The third kappa shape index (κ3) is 5.74. The summed E-state index contributed by atoms with van der Waals surface area (Å²) in [5, 5.41) is 3.16. The second-order valence-corrected chi connectivity index (χ2v) is 9.09. The van der Waals surface area contributed by atoms with Crippen LogP contribution in [0.25, 0.3) is 22.8 Å². The van der Waals surface area contributed by atoms with Crippen molar-refractivity contribution in [2.75, 3.05) is 40.0 Å². The van der Waals surface area contributed by atoms with E-state index >= 15 is 0 Å². The Morgan fingerprint density at radius 3 is 2.49 bits per heavy atom. The number of morpholine rings is 1. The summed E-state index contributed by atoms with van der Waals surface area (Å²) in [6.07, 6.45) is 1.70. The Labute approximate surface area is 217 Å². The minimum Gasteiger partial charge on any atom is -0.497 e. The van der Waals surface area contributed by atoms with E-state index < -0.39 is 0 Å². The highest BCUT2D eigenvalue weighted by molar-refractivity contribution is 6.00. The molecule has 0 saturated carbocycles. The molecule has 1 unspecified atom stereocenters. The number of carbonyl (C=O) groups excluding carboxylic acids is 1. The standard InChI is InChI=1S/C30H31N3O4/c1-21-7-9-23(10-8-21)28-20-32-30(37-28)26-6-4-3-5-25(26)29(34)31-19-27(33-15-17-36-18-16-33)22-11-13-24(35-2)14-12-22/h3-14,20,27H,15-19H2,1-2H3,(H,31,34). The Bertz CT molecular complexity index is 1330. The summed E-state index contributed by atoms with van der Waals surface area (Å²) in [5.74, 6) is 1.72. The number of hydrogen-bond acceptors (Lipinski definition) is 6. The molecule has 3 aromatic carbocycles. The molecule has 1 atom stereocenters. The highest BCUT2D eigenvalue weighted by Crippen LogP contribution is 2.29. The predicted octanol–water partition coefficient (Wildman–Crippen LogP) is 5.13. The van der Waals surface area contributed by atoms with Gasteiger partial charge < -0.3 is 19.2 Å². The number of amides is 1. The summed E-state index contributed by atoms with van der Waals surface area (Å²) in [6, 6.07) is 23.5. The number of benzene rings is 3. The number of oxazole rings is 1. The summed E-state index contributed by atoms with van der Waals surface area (Å²) in [7, 11) is 1.66. The van der Waals surface area contributed by atoms with Gasteiger partial charge in [0.15, 0.2) is 5.76 Å². The molecule has 1 amide bonds. The molecule has 0 radical (unpaired) electrons. The van der Waals surface area contributed by atoms with E-state index in [1.54, 1.807) is 19.4 Å². The van der Waals surface area contributed by atoms with E-state index in [2.05, 4.69) is 27.3 Å². The topological polar surface area (TPSA) is 76.8 Å². The van der Waals surface area contributed by atoms with Crippen LogP contribution in [0, 0.1) is 6.92 Å². The SMILES string of the molecule is COc1ccc(C(CNC(=O)c2ccccc2-c2ncc(-c3ccc(C)cc3)o2)N2CCOCC2)cc1. The second kappa shape index (κ2) is 11.4. The van der Waals surface area contributed by atoms with Crippen LogP contribution >= 0.6 is 0 Å². The molecule has 7 heteroatoms. The Balaban J connectivity index is 1.35. The van der Waals surface area contributed by atoms with Crippen molar-refractivity contribution in [2.45, 2.75) is 13.0 Å². The van der Waals surface area contributed by atoms with Gasteiger partial charge in [-0.25, -0.2) is 4.98 Å². The van der Waals surface area contributed by atoms with Crippen LogP contribution < -0.4 is 10.1 Å². The van der Waals surface area contributed by atoms with Crippen molar-refractivity contribution >= 4 is 5.91 Å². The third-order valence-corrected chi connectivity index (χ3v) is 6.69. The van der Waals surface area contributed by atoms with Crippen molar-refractivity contribution in [1.82, 2.24) is 15.2 Å². The van der Waals surface area contributed by atoms with E-state index in [0.717, 1.165) is 30.0 Å². The first-order valence-corrected chi connectivity index (χ1v) is 12.5. The lowest BCUT2D eigenvalue weighted by Crippen LogP contribution is -2.43. The fourth-order valence-corrected chi connectivity index (χ4v) is 4.58. The summed E-state index contributed by atoms with van der Waals surface area (Å²) >= 11 is 0. The van der Waals surface area contributed by atoms with Gasteiger partial charge in [0.1, 0.15) is 5.75 Å². The van der Waals surface area contributed by atoms with E-state index in [-0.39, 0.29) is 11.9 Å². The number of carbonyl (C=O) groups is 1. The molecule has 1 fully saturated rings. The molecule has 7 nitrogen and oxygen atoms in total. The number of methoxy groups -OCH3 is 1. The van der Waals surface area contributed by atoms with Crippen LogP contribution in [0.1, 0.15) is 27.5 Å². The molecule has 4 aromatic rings. The van der Waals surface area contributed by atoms with Crippen LogP contribution in [-0.2, 0) is 4.74 Å². The number of ether oxygens (including phenoxy) is 2. The average Bonchev–Trinajstić information content (AvgIpc) is 3.45. The first-order chi connectivity index (χ1) is 18.1. The largest absolute Gasteiger partial charge is 0.497 e. The second-order valence-electron chi connectivity index (χ2n) is 9.09. The van der Waals surface area contributed by atoms with E-state index in [4.69, 9.17) is 13.9 Å². The van der Waals surface area contributed by atoms with Crippen molar-refractivity contribution in [3.05, 3.63) is 95.7 Å². The zero-order valence-corrected chi connectivity index (χ0v) is 21.1. The number of hydrogen-bond donors (Lipinski definition) is 1. The average molecular weight is 498 g/mol. The zero-order valence-electron chi connectivity index (χ0n) is 21.1. The molecule has 1 N–H and O–H groups in total. The zero-order chi connectivity index (χ0) is 25.6. The highest BCUT2D eigenvalue weighted by Gasteiger charge is 2.24. The third-order valence-electron chi connectivity index (χ3n) is 6.69. The smallest absolute Gasteiger partial charge is 0.252 e. The van der Waals surface area contributed by atoms with Crippen molar-refractivity contribution in [1.29, 1.82) is 0 Å². The maximum Gasteiger partial charge on any atom is 0.252 e. The number of nitrogens with one attached hydrogen (secondary N) is 1. The molecule has 1 aliphatic heterocycles. The fraction of sp³-hybridized carbons (Fsp3) is 0.267. The predicted molar refractivity (Wildman–Crippen MR) is 143 cm³/mol. The minimum atomic E-state index is -0.169. The van der Waals surface area contributed by atoms with Crippen LogP contribution in [0.15, 0.2) is 83.4 Å². The van der Waals surface area contributed by atoms with Crippen molar-refractivity contribution in [3.63, 3.8) is 0 Å². The van der Waals surface area contributed by atoms with E-state index in [0.29, 0.717) is 42.5 Å². The van der Waals surface area contributed by atoms with Gasteiger partial charge in [-0.05, 0) is 36.8 Å². The van der Waals surface area contributed by atoms with Gasteiger partial charge in [0.2, 0.25) is 5.89 Å². The summed E-state index contributed by atoms with van der Waals surface area (Å²) in [6.45, 7) is 5.47. The molecule has 0 aliphatic carbocycles. The lowest BCUT2D eigenvalue weighted by molar-refractivity contribution is 0.0162. The van der Waals surface area contributed by atoms with E-state index in [9.17, 15) is 4.79 Å². The Hall–Kier alpha value is -3.94. The fourth-order valence-electron chi connectivity index (χ4n) is 4.58. The van der Waals surface area contributed by atoms with Gasteiger partial charge in [-0.3, -0.25) is 9.69 Å². The number of aromatic nitrogens is 1. The molecule has 1 aromatic heterocycles. The van der Waals surface area contributed by atoms with Gasteiger partial charge in [-0.15, -0.1) is 0 Å². The molecule has 0 bridgehead atoms. The molecular formula is C30H31N3O4. The van der Waals surface area contributed by atoms with E-state index in [1.807, 2.05) is 61.5 Å². The molecule has 1 aliphatic rings. The van der Waals surface area contributed by atoms with Crippen LogP contribution in [0.2, 0.25) is 0 Å². The van der Waals surface area contributed by atoms with Crippen LogP contribution in [-0.4, -0.2) is 55.7 Å².